The van der Waals surface area contributed by atoms with E-state index in [4.69, 9.17) is 5.26 Å². The Balaban J connectivity index is 2.55. The van der Waals surface area contributed by atoms with E-state index in [0.29, 0.717) is 0 Å². The van der Waals surface area contributed by atoms with Gasteiger partial charge in [-0.1, -0.05) is 0 Å². The molecule has 0 radical (unpaired) electrons. The van der Waals surface area contributed by atoms with Crippen LogP contribution in [0.3, 0.4) is 0 Å². The molecule has 3 nitrogen and oxygen atoms in total. The summed E-state index contributed by atoms with van der Waals surface area (Å²) in [5, 5.41) is 9.14. The highest BCUT2D eigenvalue weighted by Gasteiger charge is 2.29. The Hall–Kier alpha value is -0.820. The minimum absolute atomic E-state index is 0.502. The smallest absolute Gasteiger partial charge is 0.130 e. The fourth-order valence-electron chi connectivity index (χ4n) is 2.03. The molecule has 1 aromatic rings. The highest BCUT2D eigenvalue weighted by atomic mass is 79.9. The molecule has 15 heavy (non-hydrogen) atoms. The van der Waals surface area contributed by atoms with Crippen molar-refractivity contribution >= 4 is 15.9 Å². The van der Waals surface area contributed by atoms with Crippen molar-refractivity contribution in [3.8, 4) is 6.07 Å². The summed E-state index contributed by atoms with van der Waals surface area (Å²) in [4.78, 5) is 4.49. The number of halogens is 1. The Morgan fingerprint density at radius 3 is 2.87 bits per heavy atom. The highest BCUT2D eigenvalue weighted by molar-refractivity contribution is 9.10. The maximum absolute atomic E-state index is 9.14. The average molecular weight is 268 g/mol. The first-order chi connectivity index (χ1) is 7.06. The number of rotatable bonds is 1. The third-order valence-electron chi connectivity index (χ3n) is 2.91. The Morgan fingerprint density at radius 1 is 1.47 bits per heavy atom. The summed E-state index contributed by atoms with van der Waals surface area (Å²) in [6, 6.07) is 2.32. The molecule has 0 atom stereocenters. The zero-order valence-corrected chi connectivity index (χ0v) is 10.6. The SMILES string of the molecule is CC(C)(C#N)c1nc(Br)c2n1CCCC2. The zero-order valence-electron chi connectivity index (χ0n) is 9.05. The number of hydrogen-bond acceptors (Lipinski definition) is 2. The Bertz CT molecular complexity index is 426. The molecule has 0 saturated heterocycles. The highest BCUT2D eigenvalue weighted by Crippen LogP contribution is 2.30. The second kappa shape index (κ2) is 3.64. The average Bonchev–Trinajstić information content (AvgIpc) is 2.58. The molecule has 0 N–H and O–H groups in total. The monoisotopic (exact) mass is 267 g/mol. The van der Waals surface area contributed by atoms with Gasteiger partial charge in [-0.2, -0.15) is 5.26 Å². The lowest BCUT2D eigenvalue weighted by Gasteiger charge is -2.21. The predicted octanol–water partition coefficient (Wildman–Crippen LogP) is 2.78. The number of nitrogens with zero attached hydrogens (tertiary/aromatic N) is 3. The second-order valence-electron chi connectivity index (χ2n) is 4.52. The molecule has 0 aliphatic carbocycles. The first-order valence-electron chi connectivity index (χ1n) is 5.23. The summed E-state index contributed by atoms with van der Waals surface area (Å²) in [5.41, 5.74) is 0.748. The lowest BCUT2D eigenvalue weighted by molar-refractivity contribution is 0.480. The van der Waals surface area contributed by atoms with Gasteiger partial charge in [-0.25, -0.2) is 4.98 Å². The Morgan fingerprint density at radius 2 is 2.20 bits per heavy atom. The third-order valence-corrected chi connectivity index (χ3v) is 3.54. The molecule has 2 heterocycles. The summed E-state index contributed by atoms with van der Waals surface area (Å²) in [7, 11) is 0. The van der Waals surface area contributed by atoms with Gasteiger partial charge in [0.15, 0.2) is 0 Å². The number of aromatic nitrogens is 2. The first-order valence-corrected chi connectivity index (χ1v) is 6.02. The minimum Gasteiger partial charge on any atom is -0.330 e. The van der Waals surface area contributed by atoms with Crippen LogP contribution in [-0.4, -0.2) is 9.55 Å². The van der Waals surface area contributed by atoms with Crippen LogP contribution in [0.5, 0.6) is 0 Å². The lowest BCUT2D eigenvalue weighted by Crippen LogP contribution is -2.23. The van der Waals surface area contributed by atoms with E-state index in [2.05, 4.69) is 31.6 Å². The quantitative estimate of drug-likeness (QED) is 0.785. The van der Waals surface area contributed by atoms with Crippen LogP contribution in [0.2, 0.25) is 0 Å². The fraction of sp³-hybridized carbons (Fsp3) is 0.636. The van der Waals surface area contributed by atoms with Crippen molar-refractivity contribution in [1.82, 2.24) is 9.55 Å². The molecule has 2 rings (SSSR count). The van der Waals surface area contributed by atoms with Crippen molar-refractivity contribution in [3.63, 3.8) is 0 Å². The van der Waals surface area contributed by atoms with Crippen molar-refractivity contribution in [2.45, 2.75) is 45.1 Å². The number of nitriles is 1. The van der Waals surface area contributed by atoms with E-state index in [1.54, 1.807) is 0 Å². The van der Waals surface area contributed by atoms with Crippen LogP contribution in [0.15, 0.2) is 4.60 Å². The van der Waals surface area contributed by atoms with E-state index in [1.165, 1.54) is 18.5 Å². The van der Waals surface area contributed by atoms with E-state index < -0.39 is 5.41 Å². The summed E-state index contributed by atoms with van der Waals surface area (Å²) < 4.78 is 3.12. The van der Waals surface area contributed by atoms with E-state index in [-0.39, 0.29) is 0 Å². The molecule has 0 unspecified atom stereocenters. The van der Waals surface area contributed by atoms with Gasteiger partial charge < -0.3 is 4.57 Å². The van der Waals surface area contributed by atoms with Crippen LogP contribution < -0.4 is 0 Å². The lowest BCUT2D eigenvalue weighted by atomic mass is 9.94. The third kappa shape index (κ3) is 1.69. The number of imidazole rings is 1. The molecular weight excluding hydrogens is 254 g/mol. The Labute approximate surface area is 98.2 Å². The van der Waals surface area contributed by atoms with Crippen LogP contribution in [0.25, 0.3) is 0 Å². The van der Waals surface area contributed by atoms with E-state index in [0.717, 1.165) is 23.4 Å². The van der Waals surface area contributed by atoms with Crippen molar-refractivity contribution in [2.24, 2.45) is 0 Å². The van der Waals surface area contributed by atoms with Crippen LogP contribution in [0, 0.1) is 11.3 Å². The van der Waals surface area contributed by atoms with E-state index >= 15 is 0 Å². The molecule has 0 spiro atoms. The van der Waals surface area contributed by atoms with Gasteiger partial charge in [0.2, 0.25) is 0 Å². The summed E-state index contributed by atoms with van der Waals surface area (Å²) in [6.07, 6.45) is 3.47. The number of hydrogen-bond donors (Lipinski definition) is 0. The largest absolute Gasteiger partial charge is 0.330 e. The molecule has 1 aliphatic heterocycles. The Kier molecular flexibility index (Phi) is 2.59. The molecule has 0 aromatic carbocycles. The zero-order chi connectivity index (χ0) is 11.1. The van der Waals surface area contributed by atoms with Gasteiger partial charge in [0, 0.05) is 6.54 Å². The van der Waals surface area contributed by atoms with E-state index in [9.17, 15) is 0 Å². The predicted molar refractivity (Wildman–Crippen MR) is 61.5 cm³/mol. The van der Waals surface area contributed by atoms with Crippen molar-refractivity contribution < 1.29 is 0 Å². The van der Waals surface area contributed by atoms with Crippen molar-refractivity contribution in [3.05, 3.63) is 16.1 Å². The summed E-state index contributed by atoms with van der Waals surface area (Å²) in [5.74, 6) is 0.895. The summed E-state index contributed by atoms with van der Waals surface area (Å²) in [6.45, 7) is 4.84. The van der Waals surface area contributed by atoms with Crippen LogP contribution in [0.1, 0.15) is 38.2 Å². The maximum Gasteiger partial charge on any atom is 0.130 e. The van der Waals surface area contributed by atoms with Gasteiger partial charge in [0.1, 0.15) is 15.8 Å². The van der Waals surface area contributed by atoms with Gasteiger partial charge in [0.25, 0.3) is 0 Å². The van der Waals surface area contributed by atoms with Crippen molar-refractivity contribution in [1.29, 1.82) is 5.26 Å². The summed E-state index contributed by atoms with van der Waals surface area (Å²) >= 11 is 3.48. The van der Waals surface area contributed by atoms with Crippen molar-refractivity contribution in [2.75, 3.05) is 0 Å². The molecule has 0 bridgehead atoms. The molecule has 80 valence electrons. The second-order valence-corrected chi connectivity index (χ2v) is 5.27. The fourth-order valence-corrected chi connectivity index (χ4v) is 2.61. The van der Waals surface area contributed by atoms with Gasteiger partial charge in [0.05, 0.1) is 11.8 Å². The van der Waals surface area contributed by atoms with Crippen LogP contribution in [-0.2, 0) is 18.4 Å². The first kappa shape index (κ1) is 10.7. The van der Waals surface area contributed by atoms with Gasteiger partial charge in [-0.3, -0.25) is 0 Å². The maximum atomic E-state index is 9.14. The van der Waals surface area contributed by atoms with Crippen LogP contribution in [0.4, 0.5) is 0 Å². The van der Waals surface area contributed by atoms with E-state index in [1.807, 2.05) is 13.8 Å². The molecule has 0 fully saturated rings. The molecule has 4 heteroatoms. The topological polar surface area (TPSA) is 41.6 Å². The molecule has 0 saturated carbocycles. The molecule has 1 aliphatic rings. The molecule has 1 aromatic heterocycles. The van der Waals surface area contributed by atoms with Crippen LogP contribution >= 0.6 is 15.9 Å². The normalized spacial score (nSPS) is 15.9. The number of fused-ring (bicyclic) bond motifs is 1. The van der Waals surface area contributed by atoms with Gasteiger partial charge in [-0.15, -0.1) is 0 Å². The van der Waals surface area contributed by atoms with Gasteiger partial charge in [-0.05, 0) is 49.0 Å². The molecule has 0 amide bonds. The standard InChI is InChI=1S/C11H14BrN3/c1-11(2,7-13)10-14-9(12)8-5-3-4-6-15(8)10/h3-6H2,1-2H3. The minimum atomic E-state index is -0.502. The molecular formula is C11H14BrN3. The van der Waals surface area contributed by atoms with Gasteiger partial charge >= 0.3 is 0 Å².